The number of para-hydroxylation sites is 1. The average molecular weight is 283 g/mol. The van der Waals surface area contributed by atoms with E-state index in [-0.39, 0.29) is 6.04 Å². The van der Waals surface area contributed by atoms with E-state index in [1.807, 2.05) is 6.07 Å². The first kappa shape index (κ1) is 15.4. The maximum Gasteiger partial charge on any atom is 0.124 e. The maximum atomic E-state index is 5.50. The molecule has 2 nitrogen and oxygen atoms in total. The van der Waals surface area contributed by atoms with Crippen LogP contribution in [0, 0.1) is 6.92 Å². The summed E-state index contributed by atoms with van der Waals surface area (Å²) in [6.07, 6.45) is 2.25. The SMILES string of the molecule is CCCc1ccccc1NC(C)c1cc(C)ccc1OC. The van der Waals surface area contributed by atoms with Crippen LogP contribution in [-0.4, -0.2) is 7.11 Å². The van der Waals surface area contributed by atoms with E-state index in [1.54, 1.807) is 7.11 Å². The van der Waals surface area contributed by atoms with Gasteiger partial charge in [0.05, 0.1) is 13.2 Å². The van der Waals surface area contributed by atoms with Crippen LogP contribution in [0.2, 0.25) is 0 Å². The number of hydrogen-bond acceptors (Lipinski definition) is 2. The van der Waals surface area contributed by atoms with Crippen LogP contribution in [0.5, 0.6) is 5.75 Å². The summed E-state index contributed by atoms with van der Waals surface area (Å²) in [7, 11) is 1.73. The monoisotopic (exact) mass is 283 g/mol. The third kappa shape index (κ3) is 3.78. The quantitative estimate of drug-likeness (QED) is 0.793. The smallest absolute Gasteiger partial charge is 0.124 e. The molecule has 112 valence electrons. The fourth-order valence-electron chi connectivity index (χ4n) is 2.65. The zero-order valence-corrected chi connectivity index (χ0v) is 13.4. The van der Waals surface area contributed by atoms with E-state index >= 15 is 0 Å². The summed E-state index contributed by atoms with van der Waals surface area (Å²) in [6.45, 7) is 6.50. The highest BCUT2D eigenvalue weighted by Gasteiger charge is 2.13. The van der Waals surface area contributed by atoms with Gasteiger partial charge in [-0.15, -0.1) is 0 Å². The lowest BCUT2D eigenvalue weighted by Crippen LogP contribution is -2.10. The number of rotatable bonds is 6. The van der Waals surface area contributed by atoms with Gasteiger partial charge in [0, 0.05) is 11.3 Å². The molecular formula is C19H25NO. The molecule has 0 saturated heterocycles. The molecule has 0 fully saturated rings. The molecule has 0 heterocycles. The lowest BCUT2D eigenvalue weighted by molar-refractivity contribution is 0.408. The van der Waals surface area contributed by atoms with Crippen LogP contribution in [0.15, 0.2) is 42.5 Å². The van der Waals surface area contributed by atoms with Crippen LogP contribution < -0.4 is 10.1 Å². The highest BCUT2D eigenvalue weighted by Crippen LogP contribution is 2.30. The molecule has 1 unspecified atom stereocenters. The number of benzene rings is 2. The first-order chi connectivity index (χ1) is 10.2. The largest absolute Gasteiger partial charge is 0.496 e. The molecule has 2 heteroatoms. The molecule has 0 saturated carbocycles. The van der Waals surface area contributed by atoms with Gasteiger partial charge < -0.3 is 10.1 Å². The van der Waals surface area contributed by atoms with Crippen molar-refractivity contribution in [3.8, 4) is 5.75 Å². The molecule has 2 aromatic carbocycles. The summed E-state index contributed by atoms with van der Waals surface area (Å²) in [5.74, 6) is 0.938. The molecule has 0 aliphatic rings. The standard InChI is InChI=1S/C19H25NO/c1-5-8-16-9-6-7-10-18(16)20-15(3)17-13-14(2)11-12-19(17)21-4/h6-7,9-13,15,20H,5,8H2,1-4H3. The molecule has 1 N–H and O–H groups in total. The summed E-state index contributed by atoms with van der Waals surface area (Å²) in [6, 6.07) is 15.1. The lowest BCUT2D eigenvalue weighted by atomic mass is 10.0. The van der Waals surface area contributed by atoms with Crippen molar-refractivity contribution in [3.63, 3.8) is 0 Å². The Morgan fingerprint density at radius 3 is 2.62 bits per heavy atom. The minimum absolute atomic E-state index is 0.206. The maximum absolute atomic E-state index is 5.50. The van der Waals surface area contributed by atoms with Crippen LogP contribution >= 0.6 is 0 Å². The normalized spacial score (nSPS) is 12.0. The molecule has 0 aromatic heterocycles. The second-order valence-electron chi connectivity index (χ2n) is 5.52. The summed E-state index contributed by atoms with van der Waals surface area (Å²) in [5, 5.41) is 3.63. The van der Waals surface area contributed by atoms with Gasteiger partial charge in [-0.2, -0.15) is 0 Å². The van der Waals surface area contributed by atoms with Gasteiger partial charge in [0.1, 0.15) is 5.75 Å². The Bertz CT molecular complexity index is 592. The van der Waals surface area contributed by atoms with Gasteiger partial charge in [0.25, 0.3) is 0 Å². The van der Waals surface area contributed by atoms with E-state index < -0.39 is 0 Å². The molecule has 2 rings (SSSR count). The van der Waals surface area contributed by atoms with Crippen molar-refractivity contribution in [1.29, 1.82) is 0 Å². The van der Waals surface area contributed by atoms with Crippen molar-refractivity contribution >= 4 is 5.69 Å². The topological polar surface area (TPSA) is 21.3 Å². The Kier molecular flexibility index (Phi) is 5.26. The molecule has 0 amide bonds. The van der Waals surface area contributed by atoms with E-state index in [4.69, 9.17) is 4.74 Å². The van der Waals surface area contributed by atoms with E-state index in [2.05, 4.69) is 62.5 Å². The molecule has 0 bridgehead atoms. The van der Waals surface area contributed by atoms with Gasteiger partial charge in [-0.3, -0.25) is 0 Å². The number of aryl methyl sites for hydroxylation is 2. The van der Waals surface area contributed by atoms with Gasteiger partial charge in [0.2, 0.25) is 0 Å². The van der Waals surface area contributed by atoms with E-state index in [0.29, 0.717) is 0 Å². The highest BCUT2D eigenvalue weighted by atomic mass is 16.5. The van der Waals surface area contributed by atoms with Crippen LogP contribution in [0.3, 0.4) is 0 Å². The minimum atomic E-state index is 0.206. The van der Waals surface area contributed by atoms with Crippen molar-refractivity contribution in [1.82, 2.24) is 0 Å². The molecule has 0 aliphatic carbocycles. The van der Waals surface area contributed by atoms with Crippen molar-refractivity contribution in [3.05, 3.63) is 59.2 Å². The first-order valence-corrected chi connectivity index (χ1v) is 7.64. The summed E-state index contributed by atoms with van der Waals surface area (Å²) in [4.78, 5) is 0. The molecule has 0 aliphatic heterocycles. The van der Waals surface area contributed by atoms with Crippen molar-refractivity contribution in [2.75, 3.05) is 12.4 Å². The minimum Gasteiger partial charge on any atom is -0.496 e. The zero-order chi connectivity index (χ0) is 15.2. The third-order valence-electron chi connectivity index (χ3n) is 3.76. The number of methoxy groups -OCH3 is 1. The molecule has 21 heavy (non-hydrogen) atoms. The first-order valence-electron chi connectivity index (χ1n) is 7.64. The Hall–Kier alpha value is -1.96. The molecule has 0 spiro atoms. The molecule has 0 radical (unpaired) electrons. The predicted octanol–water partition coefficient (Wildman–Crippen LogP) is 5.13. The highest BCUT2D eigenvalue weighted by molar-refractivity contribution is 5.54. The fourth-order valence-corrected chi connectivity index (χ4v) is 2.65. The molecule has 2 aromatic rings. The van der Waals surface area contributed by atoms with Gasteiger partial charge >= 0.3 is 0 Å². The van der Waals surface area contributed by atoms with Crippen LogP contribution in [0.25, 0.3) is 0 Å². The Morgan fingerprint density at radius 1 is 1.14 bits per heavy atom. The van der Waals surface area contributed by atoms with E-state index in [1.165, 1.54) is 22.4 Å². The van der Waals surface area contributed by atoms with Crippen LogP contribution in [-0.2, 0) is 6.42 Å². The number of ether oxygens (including phenoxy) is 1. The van der Waals surface area contributed by atoms with Crippen molar-refractivity contribution < 1.29 is 4.74 Å². The summed E-state index contributed by atoms with van der Waals surface area (Å²) in [5.41, 5.74) is 5.04. The van der Waals surface area contributed by atoms with Gasteiger partial charge in [-0.25, -0.2) is 0 Å². The van der Waals surface area contributed by atoms with Gasteiger partial charge in [-0.05, 0) is 38.0 Å². The van der Waals surface area contributed by atoms with E-state index in [9.17, 15) is 0 Å². The van der Waals surface area contributed by atoms with Crippen molar-refractivity contribution in [2.45, 2.75) is 39.7 Å². The molecule has 1 atom stereocenters. The second-order valence-corrected chi connectivity index (χ2v) is 5.52. The van der Waals surface area contributed by atoms with Gasteiger partial charge in [-0.1, -0.05) is 49.2 Å². The second kappa shape index (κ2) is 7.16. The van der Waals surface area contributed by atoms with Crippen molar-refractivity contribution in [2.24, 2.45) is 0 Å². The summed E-state index contributed by atoms with van der Waals surface area (Å²) >= 11 is 0. The van der Waals surface area contributed by atoms with Crippen LogP contribution in [0.1, 0.15) is 43.0 Å². The fraction of sp³-hybridized carbons (Fsp3) is 0.368. The zero-order valence-electron chi connectivity index (χ0n) is 13.4. The predicted molar refractivity (Wildman–Crippen MR) is 90.2 cm³/mol. The Labute approximate surface area is 128 Å². The van der Waals surface area contributed by atoms with Crippen LogP contribution in [0.4, 0.5) is 5.69 Å². The number of hydrogen-bond donors (Lipinski definition) is 1. The molecular weight excluding hydrogens is 258 g/mol. The van der Waals surface area contributed by atoms with Gasteiger partial charge in [0.15, 0.2) is 0 Å². The van der Waals surface area contributed by atoms with E-state index in [0.717, 1.165) is 18.6 Å². The third-order valence-corrected chi connectivity index (χ3v) is 3.76. The Balaban J connectivity index is 2.26. The number of nitrogens with one attached hydrogen (secondary N) is 1. The lowest BCUT2D eigenvalue weighted by Gasteiger charge is -2.21. The summed E-state index contributed by atoms with van der Waals surface area (Å²) < 4.78 is 5.50. The number of anilines is 1. The Morgan fingerprint density at radius 2 is 1.90 bits per heavy atom. The average Bonchev–Trinajstić information content (AvgIpc) is 2.49.